The molecular weight excluding hydrogens is 338 g/mol. The van der Waals surface area contributed by atoms with Crippen molar-refractivity contribution in [2.75, 3.05) is 0 Å². The Balaban J connectivity index is 3.51. The second kappa shape index (κ2) is 6.32. The molecule has 0 saturated heterocycles. The Morgan fingerprint density at radius 3 is 1.74 bits per heavy atom. The summed E-state index contributed by atoms with van der Waals surface area (Å²) < 4.78 is 29.0. The molecule has 0 spiro atoms. The van der Waals surface area contributed by atoms with Gasteiger partial charge in [0, 0.05) is 21.8 Å². The van der Waals surface area contributed by atoms with Crippen molar-refractivity contribution in [3.8, 4) is 5.75 Å². The van der Waals surface area contributed by atoms with Crippen LogP contribution >= 0.6 is 10.7 Å². The number of nitrogens with one attached hydrogen (secondary N) is 1. The highest BCUT2D eigenvalue weighted by molar-refractivity contribution is 8.12. The molecule has 130 valence electrons. The zero-order chi connectivity index (χ0) is 18.2. The normalized spacial score (nSPS) is 12.9. The SMILES string of the molecule is Cc1cc(C(C)(C)C)c(OC(=O)NS(=O)(=O)Cl)c(C(C)(C)C)c1. The highest BCUT2D eigenvalue weighted by atomic mass is 35.7. The van der Waals surface area contributed by atoms with Crippen LogP contribution in [0.15, 0.2) is 12.1 Å². The first-order valence-electron chi connectivity index (χ1n) is 7.21. The van der Waals surface area contributed by atoms with Gasteiger partial charge in [-0.05, 0) is 17.8 Å². The van der Waals surface area contributed by atoms with E-state index in [0.717, 1.165) is 16.7 Å². The standard InChI is InChI=1S/C16H24ClNO4S/c1-10-8-11(15(2,3)4)13(12(9-10)16(5,6)7)22-14(19)18-23(17,20)21/h8-9H,1-7H3,(H,18,19). The number of hydrogen-bond acceptors (Lipinski definition) is 4. The Morgan fingerprint density at radius 1 is 1.04 bits per heavy atom. The zero-order valence-electron chi connectivity index (χ0n) is 14.6. The van der Waals surface area contributed by atoms with Crippen molar-refractivity contribution in [3.05, 3.63) is 28.8 Å². The van der Waals surface area contributed by atoms with Crippen molar-refractivity contribution >= 4 is 26.0 Å². The third-order valence-corrected chi connectivity index (χ3v) is 3.89. The van der Waals surface area contributed by atoms with Gasteiger partial charge in [0.15, 0.2) is 0 Å². The van der Waals surface area contributed by atoms with Crippen LogP contribution in [0.5, 0.6) is 5.75 Å². The molecule has 0 heterocycles. The lowest BCUT2D eigenvalue weighted by molar-refractivity contribution is 0.205. The zero-order valence-corrected chi connectivity index (χ0v) is 16.1. The molecular formula is C16H24ClNO4S. The fourth-order valence-electron chi connectivity index (χ4n) is 2.21. The summed E-state index contributed by atoms with van der Waals surface area (Å²) in [5.41, 5.74) is 2.11. The smallest absolute Gasteiger partial charge is 0.409 e. The van der Waals surface area contributed by atoms with E-state index < -0.39 is 15.3 Å². The van der Waals surface area contributed by atoms with Crippen LogP contribution in [-0.2, 0) is 20.1 Å². The van der Waals surface area contributed by atoms with Gasteiger partial charge >= 0.3 is 15.3 Å². The molecule has 0 radical (unpaired) electrons. The van der Waals surface area contributed by atoms with E-state index in [9.17, 15) is 13.2 Å². The van der Waals surface area contributed by atoms with Gasteiger partial charge in [0.25, 0.3) is 0 Å². The Bertz CT molecular complexity index is 678. The minimum Gasteiger partial charge on any atom is -0.409 e. The molecule has 5 nitrogen and oxygen atoms in total. The quantitative estimate of drug-likeness (QED) is 0.802. The fourth-order valence-corrected chi connectivity index (χ4v) is 2.64. The summed E-state index contributed by atoms with van der Waals surface area (Å²) in [5.74, 6) is 0.369. The van der Waals surface area contributed by atoms with Gasteiger partial charge in [0.05, 0.1) is 0 Å². The van der Waals surface area contributed by atoms with Crippen LogP contribution in [-0.4, -0.2) is 14.5 Å². The lowest BCUT2D eigenvalue weighted by Gasteiger charge is -2.29. The summed E-state index contributed by atoms with van der Waals surface area (Å²) in [6, 6.07) is 3.88. The van der Waals surface area contributed by atoms with Crippen LogP contribution in [0.2, 0.25) is 0 Å². The lowest BCUT2D eigenvalue weighted by atomic mass is 9.78. The summed E-state index contributed by atoms with van der Waals surface area (Å²) in [6.07, 6.45) is -1.13. The second-order valence-corrected chi connectivity index (χ2v) is 9.92. The average Bonchev–Trinajstić information content (AvgIpc) is 2.25. The van der Waals surface area contributed by atoms with Gasteiger partial charge in [-0.25, -0.2) is 9.52 Å². The molecule has 1 N–H and O–H groups in total. The molecule has 0 saturated carbocycles. The van der Waals surface area contributed by atoms with E-state index in [1.54, 1.807) is 4.72 Å². The maximum atomic E-state index is 11.9. The number of carbonyl (C=O) groups is 1. The largest absolute Gasteiger partial charge is 0.427 e. The molecule has 1 amide bonds. The van der Waals surface area contributed by atoms with Crippen LogP contribution in [0.4, 0.5) is 4.79 Å². The topological polar surface area (TPSA) is 72.5 Å². The molecule has 0 bridgehead atoms. The number of hydrogen-bond donors (Lipinski definition) is 1. The monoisotopic (exact) mass is 361 g/mol. The van der Waals surface area contributed by atoms with E-state index in [4.69, 9.17) is 15.4 Å². The summed E-state index contributed by atoms with van der Waals surface area (Å²) in [5, 5.41) is 0. The average molecular weight is 362 g/mol. The molecule has 0 aliphatic carbocycles. The Labute approximate surface area is 142 Å². The molecule has 23 heavy (non-hydrogen) atoms. The van der Waals surface area contributed by atoms with Crippen molar-refractivity contribution in [3.63, 3.8) is 0 Å². The molecule has 0 unspecified atom stereocenters. The molecule has 1 aromatic carbocycles. The third kappa shape index (κ3) is 5.70. The van der Waals surface area contributed by atoms with E-state index in [0.29, 0.717) is 5.75 Å². The number of ether oxygens (including phenoxy) is 1. The van der Waals surface area contributed by atoms with E-state index >= 15 is 0 Å². The number of rotatable bonds is 2. The lowest BCUT2D eigenvalue weighted by Crippen LogP contribution is -2.31. The summed E-state index contributed by atoms with van der Waals surface area (Å²) in [4.78, 5) is 11.9. The third-order valence-electron chi connectivity index (χ3n) is 3.25. The number of aryl methyl sites for hydroxylation is 1. The van der Waals surface area contributed by atoms with Crippen molar-refractivity contribution in [2.24, 2.45) is 0 Å². The van der Waals surface area contributed by atoms with Gasteiger partial charge in [-0.1, -0.05) is 59.2 Å². The Hall–Kier alpha value is -1.27. The number of benzene rings is 1. The second-order valence-electron chi connectivity index (χ2n) is 7.62. The molecule has 0 aromatic heterocycles. The molecule has 7 heteroatoms. The molecule has 0 fully saturated rings. The summed E-state index contributed by atoms with van der Waals surface area (Å²) >= 11 is 0. The molecule has 0 aliphatic heterocycles. The van der Waals surface area contributed by atoms with E-state index in [-0.39, 0.29) is 10.8 Å². The maximum absolute atomic E-state index is 11.9. The van der Waals surface area contributed by atoms with Gasteiger partial charge < -0.3 is 4.74 Å². The molecule has 1 rings (SSSR count). The van der Waals surface area contributed by atoms with Crippen molar-refractivity contribution in [2.45, 2.75) is 59.3 Å². The number of amides is 1. The van der Waals surface area contributed by atoms with E-state index in [1.165, 1.54) is 0 Å². The van der Waals surface area contributed by atoms with E-state index in [2.05, 4.69) is 0 Å². The van der Waals surface area contributed by atoms with Crippen molar-refractivity contribution < 1.29 is 17.9 Å². The first-order chi connectivity index (χ1) is 10.1. The first-order valence-corrected chi connectivity index (χ1v) is 9.52. The van der Waals surface area contributed by atoms with Crippen molar-refractivity contribution in [1.29, 1.82) is 0 Å². The summed E-state index contributed by atoms with van der Waals surface area (Å²) in [7, 11) is 0.839. The van der Waals surface area contributed by atoms with Gasteiger partial charge in [-0.15, -0.1) is 0 Å². The Kier molecular flexibility index (Phi) is 5.43. The maximum Gasteiger partial charge on any atom is 0.427 e. The van der Waals surface area contributed by atoms with Crippen molar-refractivity contribution in [1.82, 2.24) is 4.72 Å². The van der Waals surface area contributed by atoms with Crippen LogP contribution in [0.25, 0.3) is 0 Å². The first kappa shape index (κ1) is 19.8. The Morgan fingerprint density at radius 2 is 1.43 bits per heavy atom. The number of carbonyl (C=O) groups excluding carboxylic acids is 1. The van der Waals surface area contributed by atoms with Crippen LogP contribution < -0.4 is 9.46 Å². The number of halogens is 1. The van der Waals surface area contributed by atoms with Gasteiger partial charge in [-0.3, -0.25) is 0 Å². The van der Waals surface area contributed by atoms with Gasteiger partial charge in [-0.2, -0.15) is 8.42 Å². The highest BCUT2D eigenvalue weighted by Gasteiger charge is 2.29. The predicted molar refractivity (Wildman–Crippen MR) is 92.5 cm³/mol. The van der Waals surface area contributed by atoms with Gasteiger partial charge in [0.1, 0.15) is 5.75 Å². The minimum atomic E-state index is -4.20. The van der Waals surface area contributed by atoms with Crippen LogP contribution in [0.1, 0.15) is 58.2 Å². The summed E-state index contributed by atoms with van der Waals surface area (Å²) in [6.45, 7) is 14.0. The minimum absolute atomic E-state index is 0.290. The van der Waals surface area contributed by atoms with E-state index in [1.807, 2.05) is 60.6 Å². The van der Waals surface area contributed by atoms with Gasteiger partial charge in [0.2, 0.25) is 0 Å². The molecule has 0 atom stereocenters. The fraction of sp³-hybridized carbons (Fsp3) is 0.562. The van der Waals surface area contributed by atoms with Crippen LogP contribution in [0.3, 0.4) is 0 Å². The molecule has 0 aliphatic rings. The molecule has 1 aromatic rings. The predicted octanol–water partition coefficient (Wildman–Crippen LogP) is 4.16. The van der Waals surface area contributed by atoms with Crippen LogP contribution in [0, 0.1) is 6.92 Å². The highest BCUT2D eigenvalue weighted by Crippen LogP contribution is 2.40.